The van der Waals surface area contributed by atoms with Crippen molar-refractivity contribution in [3.05, 3.63) is 72.9 Å². The molecule has 0 spiro atoms. The van der Waals surface area contributed by atoms with Crippen LogP contribution in [0.4, 0.5) is 0 Å². The number of phosphoric ester groups is 1. The molecule has 290 valence electrons. The lowest BCUT2D eigenvalue weighted by Crippen LogP contribution is -2.43. The van der Waals surface area contributed by atoms with Crippen molar-refractivity contribution in [1.29, 1.82) is 0 Å². The number of rotatable bonds is 33. The number of carbonyl (C=O) groups is 3. The van der Waals surface area contributed by atoms with E-state index in [1.54, 1.807) is 0 Å². The van der Waals surface area contributed by atoms with Gasteiger partial charge in [0, 0.05) is 12.8 Å². The standard InChI is InChI=1S/C39H64NO10P/c1-3-5-7-9-11-12-13-14-15-16-17-18-19-20-21-22-23-24-25-27-29-31-38(43)48-32-35(41)33-49-51(46,47)50-34-36(39(44)45)40-37(42)30-28-26-10-8-6-4-2/h5,7,11-12,14-15,17-18,20-21,23-24,35-36,41H,3-4,6,8-10,13,16,19,22,25-34H2,1-2H3,(H,40,42)(H,44,45)(H,46,47)/b7-5-,12-11-,15-14-,18-17-,21-20-,24-23-. The number of carbonyl (C=O) groups excluding carboxylic acids is 2. The molecule has 0 aromatic heterocycles. The number of aliphatic hydroxyl groups is 1. The van der Waals surface area contributed by atoms with Crippen LogP contribution in [0.2, 0.25) is 0 Å². The van der Waals surface area contributed by atoms with E-state index < -0.39 is 57.6 Å². The van der Waals surface area contributed by atoms with Crippen LogP contribution in [0.25, 0.3) is 0 Å². The van der Waals surface area contributed by atoms with Gasteiger partial charge in [-0.2, -0.15) is 0 Å². The molecule has 4 N–H and O–H groups in total. The zero-order valence-electron chi connectivity index (χ0n) is 30.9. The van der Waals surface area contributed by atoms with Crippen molar-refractivity contribution in [2.24, 2.45) is 0 Å². The molecule has 3 atom stereocenters. The molecular formula is C39H64NO10P. The summed E-state index contributed by atoms with van der Waals surface area (Å²) in [5, 5.41) is 21.6. The van der Waals surface area contributed by atoms with Gasteiger partial charge in [0.15, 0.2) is 6.04 Å². The van der Waals surface area contributed by atoms with Gasteiger partial charge in [0.1, 0.15) is 12.7 Å². The molecule has 12 heteroatoms. The summed E-state index contributed by atoms with van der Waals surface area (Å²) in [5.41, 5.74) is 0. The van der Waals surface area contributed by atoms with E-state index in [-0.39, 0.29) is 12.8 Å². The fourth-order valence-corrected chi connectivity index (χ4v) is 5.15. The molecule has 1 amide bonds. The first kappa shape index (κ1) is 47.9. The van der Waals surface area contributed by atoms with Crippen LogP contribution in [-0.2, 0) is 32.7 Å². The molecule has 0 aromatic rings. The van der Waals surface area contributed by atoms with E-state index in [4.69, 9.17) is 13.8 Å². The summed E-state index contributed by atoms with van der Waals surface area (Å²) in [6.07, 6.45) is 38.4. The Morgan fingerprint density at radius 3 is 1.69 bits per heavy atom. The number of unbranched alkanes of at least 4 members (excludes halogenated alkanes) is 7. The maximum atomic E-state index is 12.1. The number of hydrogen-bond acceptors (Lipinski definition) is 8. The highest BCUT2D eigenvalue weighted by Gasteiger charge is 2.28. The molecular weight excluding hydrogens is 673 g/mol. The number of esters is 1. The first-order valence-corrected chi connectivity index (χ1v) is 20.0. The van der Waals surface area contributed by atoms with Gasteiger partial charge in [0.25, 0.3) is 0 Å². The van der Waals surface area contributed by atoms with Gasteiger partial charge in [-0.1, -0.05) is 119 Å². The minimum absolute atomic E-state index is 0.136. The molecule has 0 aliphatic carbocycles. The summed E-state index contributed by atoms with van der Waals surface area (Å²) >= 11 is 0. The van der Waals surface area contributed by atoms with Gasteiger partial charge in [-0.25, -0.2) is 9.36 Å². The van der Waals surface area contributed by atoms with Crippen LogP contribution in [0, 0.1) is 0 Å². The fourth-order valence-electron chi connectivity index (χ4n) is 4.37. The first-order valence-electron chi connectivity index (χ1n) is 18.5. The van der Waals surface area contributed by atoms with Gasteiger partial charge in [-0.15, -0.1) is 0 Å². The number of aliphatic carboxylic acids is 1. The molecule has 0 saturated heterocycles. The molecule has 0 saturated carbocycles. The minimum atomic E-state index is -4.75. The summed E-state index contributed by atoms with van der Waals surface area (Å²) in [6, 6.07) is -1.55. The second-order valence-electron chi connectivity index (χ2n) is 12.0. The third kappa shape index (κ3) is 33.8. The first-order chi connectivity index (χ1) is 24.6. The molecule has 3 unspecified atom stereocenters. The lowest BCUT2D eigenvalue weighted by atomic mass is 10.1. The second kappa shape index (κ2) is 34.0. The summed E-state index contributed by atoms with van der Waals surface area (Å²) in [4.78, 5) is 45.4. The van der Waals surface area contributed by atoms with Crippen LogP contribution >= 0.6 is 7.82 Å². The molecule has 0 aliphatic heterocycles. The van der Waals surface area contributed by atoms with Crippen LogP contribution in [-0.4, -0.2) is 64.9 Å². The zero-order chi connectivity index (χ0) is 37.8. The summed E-state index contributed by atoms with van der Waals surface area (Å²) in [5.74, 6) is -2.45. The quantitative estimate of drug-likeness (QED) is 0.0221. The Kier molecular flexibility index (Phi) is 32.0. The smallest absolute Gasteiger partial charge is 0.472 e. The van der Waals surface area contributed by atoms with Gasteiger partial charge >= 0.3 is 19.8 Å². The largest absolute Gasteiger partial charge is 0.480 e. The van der Waals surface area contributed by atoms with Crippen molar-refractivity contribution in [2.45, 2.75) is 135 Å². The molecule has 0 rings (SSSR count). The van der Waals surface area contributed by atoms with Gasteiger partial charge in [0.05, 0.1) is 13.2 Å². The van der Waals surface area contributed by atoms with E-state index in [9.17, 15) is 34.1 Å². The highest BCUT2D eigenvalue weighted by molar-refractivity contribution is 7.47. The highest BCUT2D eigenvalue weighted by atomic mass is 31.2. The second-order valence-corrected chi connectivity index (χ2v) is 13.5. The molecule has 0 aromatic carbocycles. The van der Waals surface area contributed by atoms with E-state index in [1.807, 2.05) is 0 Å². The van der Waals surface area contributed by atoms with Crippen molar-refractivity contribution < 1.29 is 47.8 Å². The van der Waals surface area contributed by atoms with Crippen LogP contribution in [0.3, 0.4) is 0 Å². The zero-order valence-corrected chi connectivity index (χ0v) is 31.8. The van der Waals surface area contributed by atoms with E-state index in [0.717, 1.165) is 83.5 Å². The average molecular weight is 738 g/mol. The lowest BCUT2D eigenvalue weighted by Gasteiger charge is -2.18. The van der Waals surface area contributed by atoms with Crippen molar-refractivity contribution >= 4 is 25.7 Å². The number of allylic oxidation sites excluding steroid dienone is 12. The molecule has 0 heterocycles. The Balaban J connectivity index is 3.99. The summed E-state index contributed by atoms with van der Waals surface area (Å²) in [6.45, 7) is 2.30. The number of phosphoric acid groups is 1. The number of hydrogen-bond donors (Lipinski definition) is 4. The molecule has 0 aliphatic rings. The Hall–Kier alpha value is -3.08. The van der Waals surface area contributed by atoms with E-state index >= 15 is 0 Å². The highest BCUT2D eigenvalue weighted by Crippen LogP contribution is 2.43. The van der Waals surface area contributed by atoms with Gasteiger partial charge < -0.3 is 25.2 Å². The topological polar surface area (TPSA) is 169 Å². The van der Waals surface area contributed by atoms with Crippen molar-refractivity contribution in [3.8, 4) is 0 Å². The fraction of sp³-hybridized carbons (Fsp3) is 0.615. The number of carboxylic acid groups (broad SMARTS) is 1. The van der Waals surface area contributed by atoms with E-state index in [0.29, 0.717) is 12.8 Å². The van der Waals surface area contributed by atoms with Crippen LogP contribution < -0.4 is 5.32 Å². The number of carboxylic acids is 1. The predicted molar refractivity (Wildman–Crippen MR) is 203 cm³/mol. The maximum absolute atomic E-state index is 12.1. The summed E-state index contributed by atoms with van der Waals surface area (Å²) < 4.78 is 26.6. The molecule has 11 nitrogen and oxygen atoms in total. The average Bonchev–Trinajstić information content (AvgIpc) is 3.10. The maximum Gasteiger partial charge on any atom is 0.472 e. The van der Waals surface area contributed by atoms with Crippen LogP contribution in [0.5, 0.6) is 0 Å². The number of ether oxygens (including phenoxy) is 1. The minimum Gasteiger partial charge on any atom is -0.480 e. The van der Waals surface area contributed by atoms with E-state index in [1.165, 1.54) is 0 Å². The molecule has 51 heavy (non-hydrogen) atoms. The third-order valence-corrected chi connectivity index (χ3v) is 8.21. The van der Waals surface area contributed by atoms with Crippen molar-refractivity contribution in [1.82, 2.24) is 5.32 Å². The van der Waals surface area contributed by atoms with Gasteiger partial charge in [0.2, 0.25) is 5.91 Å². The van der Waals surface area contributed by atoms with Gasteiger partial charge in [-0.05, 0) is 64.2 Å². The van der Waals surface area contributed by atoms with Crippen molar-refractivity contribution in [3.63, 3.8) is 0 Å². The van der Waals surface area contributed by atoms with Crippen LogP contribution in [0.1, 0.15) is 123 Å². The number of amides is 1. The Bertz CT molecular complexity index is 1140. The van der Waals surface area contributed by atoms with Gasteiger partial charge in [-0.3, -0.25) is 18.6 Å². The Labute approximate surface area is 306 Å². The predicted octanol–water partition coefficient (Wildman–Crippen LogP) is 8.60. The Morgan fingerprint density at radius 1 is 0.647 bits per heavy atom. The lowest BCUT2D eigenvalue weighted by molar-refractivity contribution is -0.147. The summed E-state index contributed by atoms with van der Waals surface area (Å²) in [7, 11) is -4.75. The number of aliphatic hydroxyl groups excluding tert-OH is 1. The Morgan fingerprint density at radius 2 is 1.14 bits per heavy atom. The SMILES string of the molecule is CC/C=C\C/C=C\C/C=C\C/C=C\C/C=C\C/C=C\CCCCC(=O)OCC(O)COP(=O)(O)OCC(NC(=O)CCCCCCCC)C(=O)O. The molecule has 0 bridgehead atoms. The monoisotopic (exact) mass is 737 g/mol. The third-order valence-electron chi connectivity index (χ3n) is 7.26. The number of nitrogens with one attached hydrogen (secondary N) is 1. The van der Waals surface area contributed by atoms with Crippen molar-refractivity contribution in [2.75, 3.05) is 19.8 Å². The molecule has 0 fully saturated rings. The van der Waals surface area contributed by atoms with E-state index in [2.05, 4.69) is 92.1 Å². The molecule has 0 radical (unpaired) electrons. The normalized spacial score (nSPS) is 14.7. The van der Waals surface area contributed by atoms with Crippen LogP contribution in [0.15, 0.2) is 72.9 Å².